The summed E-state index contributed by atoms with van der Waals surface area (Å²) in [4.78, 5) is 0. The smallest absolute Gasteiger partial charge is 0.367 e. The molecule has 27 heavy (non-hydrogen) atoms. The monoisotopic (exact) mass is 432 g/mol. The molecule has 14 heteroatoms. The fraction of sp³-hybridized carbons (Fsp3) is 1.00. The number of aliphatic hydroxyl groups is 1. The minimum atomic E-state index is -7.60. The molecule has 0 aromatic carbocycles. The number of hydrogen-bond donors (Lipinski definition) is 1. The van der Waals surface area contributed by atoms with Gasteiger partial charge >= 0.3 is 36.0 Å². The molecule has 0 spiro atoms. The third-order valence-corrected chi connectivity index (χ3v) is 3.94. The number of ether oxygens (including phenoxy) is 1. The van der Waals surface area contributed by atoms with Gasteiger partial charge in [0.2, 0.25) is 0 Å². The number of aliphatic hydroxyl groups excluding tert-OH is 1. The zero-order chi connectivity index (χ0) is 22.3. The van der Waals surface area contributed by atoms with Crippen LogP contribution in [0, 0.1) is 5.41 Å². The molecule has 1 atom stereocenters. The minimum absolute atomic E-state index is 0.00493. The molecule has 0 aliphatic rings. The maximum absolute atomic E-state index is 13.4. The fourth-order valence-electron chi connectivity index (χ4n) is 1.45. The van der Waals surface area contributed by atoms with Crippen LogP contribution in [0.3, 0.4) is 0 Å². The molecule has 0 aromatic heterocycles. The van der Waals surface area contributed by atoms with Gasteiger partial charge in [0.15, 0.2) is 6.29 Å². The zero-order valence-corrected chi connectivity index (χ0v) is 14.0. The summed E-state index contributed by atoms with van der Waals surface area (Å²) in [6.45, 7) is 0.969. The average molecular weight is 432 g/mol. The van der Waals surface area contributed by atoms with Crippen LogP contribution in [-0.4, -0.2) is 54.0 Å². The molecular formula is C13H16F12O2. The Morgan fingerprint density at radius 1 is 0.778 bits per heavy atom. The van der Waals surface area contributed by atoms with E-state index in [1.165, 1.54) is 20.8 Å². The largest absolute Gasteiger partial charge is 0.384 e. The van der Waals surface area contributed by atoms with Gasteiger partial charge in [-0.05, 0) is 6.42 Å². The highest BCUT2D eigenvalue weighted by Crippen LogP contribution is 2.58. The topological polar surface area (TPSA) is 29.5 Å². The molecule has 0 bridgehead atoms. The predicted octanol–water partition coefficient (Wildman–Crippen LogP) is 5.20. The molecule has 0 amide bonds. The van der Waals surface area contributed by atoms with E-state index in [1.54, 1.807) is 0 Å². The molecule has 0 rings (SSSR count). The van der Waals surface area contributed by atoms with Crippen LogP contribution in [0.25, 0.3) is 0 Å². The lowest BCUT2D eigenvalue weighted by Gasteiger charge is -2.39. The zero-order valence-electron chi connectivity index (χ0n) is 14.0. The minimum Gasteiger partial charge on any atom is -0.367 e. The van der Waals surface area contributed by atoms with Crippen molar-refractivity contribution in [3.63, 3.8) is 0 Å². The summed E-state index contributed by atoms with van der Waals surface area (Å²) in [7, 11) is 0. The maximum atomic E-state index is 13.4. The van der Waals surface area contributed by atoms with Crippen LogP contribution in [0.1, 0.15) is 27.2 Å². The molecule has 0 heterocycles. The first-order valence-electron chi connectivity index (χ1n) is 7.10. The van der Waals surface area contributed by atoms with Crippen molar-refractivity contribution in [3.8, 4) is 0 Å². The summed E-state index contributed by atoms with van der Waals surface area (Å²) in [6.07, 6.45) is -7.79. The van der Waals surface area contributed by atoms with Crippen molar-refractivity contribution in [3.05, 3.63) is 0 Å². The Bertz CT molecular complexity index is 504. The Morgan fingerprint density at radius 2 is 1.19 bits per heavy atom. The first-order chi connectivity index (χ1) is 11.6. The van der Waals surface area contributed by atoms with E-state index in [0.29, 0.717) is 0 Å². The van der Waals surface area contributed by atoms with Gasteiger partial charge in [0.05, 0.1) is 0 Å². The van der Waals surface area contributed by atoms with Crippen LogP contribution >= 0.6 is 0 Å². The van der Waals surface area contributed by atoms with E-state index >= 15 is 0 Å². The summed E-state index contributed by atoms with van der Waals surface area (Å²) in [6, 6.07) is 0. The van der Waals surface area contributed by atoms with Gasteiger partial charge in [-0.3, -0.25) is 0 Å². The Labute approximate surface area is 145 Å². The van der Waals surface area contributed by atoms with Gasteiger partial charge in [-0.15, -0.1) is 0 Å². The van der Waals surface area contributed by atoms with Crippen molar-refractivity contribution in [2.24, 2.45) is 5.41 Å². The van der Waals surface area contributed by atoms with Gasteiger partial charge in [0, 0.05) is 5.41 Å². The van der Waals surface area contributed by atoms with Gasteiger partial charge in [0.25, 0.3) is 0 Å². The van der Waals surface area contributed by atoms with Gasteiger partial charge in [0.1, 0.15) is 6.61 Å². The quantitative estimate of drug-likeness (QED) is 0.380. The summed E-state index contributed by atoms with van der Waals surface area (Å²) >= 11 is 0. The fourth-order valence-corrected chi connectivity index (χ4v) is 1.45. The molecule has 1 unspecified atom stereocenters. The molecule has 0 aliphatic carbocycles. The van der Waals surface area contributed by atoms with Crippen molar-refractivity contribution >= 4 is 0 Å². The van der Waals surface area contributed by atoms with Crippen molar-refractivity contribution in [2.75, 3.05) is 6.61 Å². The van der Waals surface area contributed by atoms with Gasteiger partial charge < -0.3 is 9.84 Å². The summed E-state index contributed by atoms with van der Waals surface area (Å²) < 4.78 is 159. The molecule has 164 valence electrons. The Morgan fingerprint density at radius 3 is 1.52 bits per heavy atom. The summed E-state index contributed by atoms with van der Waals surface area (Å²) in [5.41, 5.74) is -1.36. The predicted molar refractivity (Wildman–Crippen MR) is 66.8 cm³/mol. The van der Waals surface area contributed by atoms with Crippen LogP contribution in [-0.2, 0) is 4.74 Å². The summed E-state index contributed by atoms with van der Waals surface area (Å²) in [5.74, 6) is -35.7. The van der Waals surface area contributed by atoms with Crippen molar-refractivity contribution < 1.29 is 62.5 Å². The second kappa shape index (κ2) is 7.48. The lowest BCUT2D eigenvalue weighted by Crippen LogP contribution is -2.69. The molecule has 0 saturated heterocycles. The Kier molecular flexibility index (Phi) is 7.23. The van der Waals surface area contributed by atoms with Crippen LogP contribution in [0.5, 0.6) is 0 Å². The number of halogens is 12. The van der Waals surface area contributed by atoms with E-state index in [2.05, 4.69) is 4.74 Å². The van der Waals surface area contributed by atoms with E-state index in [1.807, 2.05) is 0 Å². The van der Waals surface area contributed by atoms with E-state index < -0.39 is 54.3 Å². The van der Waals surface area contributed by atoms with Crippen LogP contribution in [0.2, 0.25) is 0 Å². The highest BCUT2D eigenvalue weighted by Gasteiger charge is 2.87. The molecule has 0 saturated carbocycles. The van der Waals surface area contributed by atoms with Crippen LogP contribution < -0.4 is 0 Å². The second-order valence-corrected chi connectivity index (χ2v) is 6.36. The Balaban J connectivity index is 5.80. The molecular weight excluding hydrogens is 416 g/mol. The van der Waals surface area contributed by atoms with Crippen LogP contribution in [0.4, 0.5) is 52.7 Å². The SMILES string of the molecule is CCC(C)(C)C(O)OCC(F)(F)C(F)(F)C(F)(F)C(F)(F)C(F)(F)C(F)F. The Hall–Kier alpha value is -0.920. The first kappa shape index (κ1) is 26.1. The lowest BCUT2D eigenvalue weighted by atomic mass is 9.89. The molecule has 2 nitrogen and oxygen atoms in total. The van der Waals surface area contributed by atoms with Crippen molar-refractivity contribution in [2.45, 2.75) is 69.5 Å². The maximum Gasteiger partial charge on any atom is 0.384 e. The molecule has 0 aliphatic heterocycles. The van der Waals surface area contributed by atoms with E-state index in [9.17, 15) is 57.8 Å². The van der Waals surface area contributed by atoms with E-state index in [-0.39, 0.29) is 6.42 Å². The highest BCUT2D eigenvalue weighted by atomic mass is 19.4. The molecule has 0 radical (unpaired) electrons. The number of hydrogen-bond acceptors (Lipinski definition) is 2. The van der Waals surface area contributed by atoms with Gasteiger partial charge in [-0.1, -0.05) is 20.8 Å². The number of alkyl halides is 12. The molecule has 0 fully saturated rings. The lowest BCUT2D eigenvalue weighted by molar-refractivity contribution is -0.417. The third-order valence-electron chi connectivity index (χ3n) is 3.94. The van der Waals surface area contributed by atoms with Gasteiger partial charge in [-0.25, -0.2) is 8.78 Å². The normalized spacial score (nSPS) is 16.8. The van der Waals surface area contributed by atoms with Crippen molar-refractivity contribution in [1.29, 1.82) is 0 Å². The number of rotatable bonds is 10. The summed E-state index contributed by atoms with van der Waals surface area (Å²) in [5, 5.41) is 9.42. The standard InChI is InChI=1S/C13H16F12O2/c1-4-8(2,3)7(26)27-5-9(16,17)11(20,21)13(24,25)12(22,23)10(18,19)6(14)15/h6-7,26H,4-5H2,1-3H3. The molecule has 0 aromatic rings. The van der Waals surface area contributed by atoms with E-state index in [0.717, 1.165) is 0 Å². The highest BCUT2D eigenvalue weighted by molar-refractivity contribution is 5.09. The second-order valence-electron chi connectivity index (χ2n) is 6.36. The van der Waals surface area contributed by atoms with Crippen LogP contribution in [0.15, 0.2) is 0 Å². The van der Waals surface area contributed by atoms with Gasteiger partial charge in [-0.2, -0.15) is 43.9 Å². The van der Waals surface area contributed by atoms with Crippen molar-refractivity contribution in [1.82, 2.24) is 0 Å². The third kappa shape index (κ3) is 4.25. The first-order valence-corrected chi connectivity index (χ1v) is 7.10. The van der Waals surface area contributed by atoms with E-state index in [4.69, 9.17) is 0 Å². The average Bonchev–Trinajstić information content (AvgIpc) is 2.51. The molecule has 1 N–H and O–H groups in total.